The molecule has 0 aromatic heterocycles. The molecule has 0 aliphatic carbocycles. The van der Waals surface area contributed by atoms with E-state index in [-0.39, 0.29) is 23.5 Å². The van der Waals surface area contributed by atoms with Gasteiger partial charge >= 0.3 is 11.9 Å². The molecule has 0 aromatic rings. The summed E-state index contributed by atoms with van der Waals surface area (Å²) in [6.45, 7) is 9.56. The van der Waals surface area contributed by atoms with Crippen LogP contribution in [-0.2, 0) is 14.3 Å². The average Bonchev–Trinajstić information content (AvgIpc) is 2.17. The summed E-state index contributed by atoms with van der Waals surface area (Å²) in [6.07, 6.45) is 0.240. The van der Waals surface area contributed by atoms with Crippen molar-refractivity contribution in [3.8, 4) is 0 Å². The number of carbonyl (C=O) groups excluding carboxylic acids is 1. The number of rotatable bonds is 6. The maximum Gasteiger partial charge on any atom is 0.324 e. The first-order chi connectivity index (χ1) is 7.69. The third-order valence-electron chi connectivity index (χ3n) is 2.43. The monoisotopic (exact) mass is 262 g/mol. The van der Waals surface area contributed by atoms with E-state index >= 15 is 0 Å². The third-order valence-corrected chi connectivity index (χ3v) is 3.93. The molecule has 1 unspecified atom stereocenters. The predicted octanol–water partition coefficient (Wildman–Crippen LogP) is 2.56. The lowest BCUT2D eigenvalue weighted by Gasteiger charge is -2.28. The highest BCUT2D eigenvalue weighted by Crippen LogP contribution is 2.35. The largest absolute Gasteiger partial charge is 0.480 e. The van der Waals surface area contributed by atoms with Crippen molar-refractivity contribution in [1.29, 1.82) is 0 Å². The van der Waals surface area contributed by atoms with Gasteiger partial charge in [0.1, 0.15) is 0 Å². The molecule has 4 nitrogen and oxygen atoms in total. The van der Waals surface area contributed by atoms with E-state index in [0.29, 0.717) is 0 Å². The lowest BCUT2D eigenvalue weighted by Crippen LogP contribution is -2.43. The standard InChI is InChI=1S/C12H22O4S/c1-6-12(9(13)14,10(15)16-7-2)8-17-11(3,4)5/h6-8H2,1-5H3,(H,13,14). The zero-order chi connectivity index (χ0) is 13.7. The summed E-state index contributed by atoms with van der Waals surface area (Å²) in [4.78, 5) is 23.2. The normalized spacial score (nSPS) is 15.1. The Morgan fingerprint density at radius 2 is 1.76 bits per heavy atom. The maximum atomic E-state index is 11.8. The first kappa shape index (κ1) is 16.3. The number of esters is 1. The van der Waals surface area contributed by atoms with Crippen LogP contribution in [0.25, 0.3) is 0 Å². The van der Waals surface area contributed by atoms with Crippen molar-refractivity contribution < 1.29 is 19.4 Å². The van der Waals surface area contributed by atoms with Crippen molar-refractivity contribution >= 4 is 23.7 Å². The average molecular weight is 262 g/mol. The van der Waals surface area contributed by atoms with Crippen molar-refractivity contribution in [3.05, 3.63) is 0 Å². The number of hydrogen-bond acceptors (Lipinski definition) is 4. The number of carbonyl (C=O) groups is 2. The van der Waals surface area contributed by atoms with Gasteiger partial charge in [0.05, 0.1) is 6.61 Å². The summed E-state index contributed by atoms with van der Waals surface area (Å²) in [5.41, 5.74) is -1.42. The Bertz CT molecular complexity index is 283. The van der Waals surface area contributed by atoms with E-state index in [1.165, 1.54) is 11.8 Å². The van der Waals surface area contributed by atoms with Crippen LogP contribution in [0.1, 0.15) is 41.0 Å². The van der Waals surface area contributed by atoms with Gasteiger partial charge in [0.25, 0.3) is 0 Å². The van der Waals surface area contributed by atoms with Gasteiger partial charge in [-0.2, -0.15) is 11.8 Å². The molecule has 0 radical (unpaired) electrons. The number of carboxylic acid groups (broad SMARTS) is 1. The highest BCUT2D eigenvalue weighted by atomic mass is 32.2. The Morgan fingerprint density at radius 3 is 2.06 bits per heavy atom. The molecule has 0 rings (SSSR count). The van der Waals surface area contributed by atoms with Gasteiger partial charge in [-0.05, 0) is 13.3 Å². The Balaban J connectivity index is 4.96. The van der Waals surface area contributed by atoms with Gasteiger partial charge in [-0.1, -0.05) is 27.7 Å². The SMILES string of the molecule is CCOC(=O)C(CC)(CSC(C)(C)C)C(=O)O. The van der Waals surface area contributed by atoms with E-state index < -0.39 is 17.4 Å². The van der Waals surface area contributed by atoms with Crippen molar-refractivity contribution in [2.24, 2.45) is 5.41 Å². The van der Waals surface area contributed by atoms with Crippen LogP contribution in [0.15, 0.2) is 0 Å². The fourth-order valence-electron chi connectivity index (χ4n) is 1.21. The zero-order valence-electron chi connectivity index (χ0n) is 11.2. The van der Waals surface area contributed by atoms with Crippen LogP contribution in [0.5, 0.6) is 0 Å². The topological polar surface area (TPSA) is 63.6 Å². The van der Waals surface area contributed by atoms with E-state index in [2.05, 4.69) is 0 Å². The summed E-state index contributed by atoms with van der Waals surface area (Å²) in [7, 11) is 0. The summed E-state index contributed by atoms with van der Waals surface area (Å²) in [5.74, 6) is -1.50. The molecule has 1 N–H and O–H groups in total. The van der Waals surface area contributed by atoms with Gasteiger partial charge in [0.15, 0.2) is 5.41 Å². The second-order valence-electron chi connectivity index (χ2n) is 4.86. The minimum absolute atomic E-state index is 0.0810. The van der Waals surface area contributed by atoms with E-state index in [1.54, 1.807) is 13.8 Å². The van der Waals surface area contributed by atoms with Crippen LogP contribution < -0.4 is 0 Å². The Hall–Kier alpha value is -0.710. The van der Waals surface area contributed by atoms with Crippen molar-refractivity contribution in [1.82, 2.24) is 0 Å². The van der Waals surface area contributed by atoms with E-state index in [9.17, 15) is 14.7 Å². The Morgan fingerprint density at radius 1 is 1.24 bits per heavy atom. The van der Waals surface area contributed by atoms with Crippen molar-refractivity contribution in [3.63, 3.8) is 0 Å². The number of thioether (sulfide) groups is 1. The summed E-state index contributed by atoms with van der Waals surface area (Å²) >= 11 is 1.47. The quantitative estimate of drug-likeness (QED) is 0.588. The van der Waals surface area contributed by atoms with Crippen LogP contribution >= 0.6 is 11.8 Å². The van der Waals surface area contributed by atoms with Gasteiger partial charge in [-0.25, -0.2) is 0 Å². The fourth-order valence-corrected chi connectivity index (χ4v) is 2.34. The third kappa shape index (κ3) is 4.58. The second-order valence-corrected chi connectivity index (χ2v) is 6.66. The Labute approximate surface area is 107 Å². The first-order valence-corrected chi connectivity index (χ1v) is 6.72. The molecular weight excluding hydrogens is 240 g/mol. The number of hydrogen-bond donors (Lipinski definition) is 1. The molecule has 0 aliphatic rings. The molecule has 100 valence electrons. The predicted molar refractivity (Wildman–Crippen MR) is 69.2 cm³/mol. The van der Waals surface area contributed by atoms with E-state index in [1.807, 2.05) is 20.8 Å². The van der Waals surface area contributed by atoms with Gasteiger partial charge in [-0.3, -0.25) is 9.59 Å². The maximum absolute atomic E-state index is 11.8. The molecule has 0 heterocycles. The molecule has 5 heteroatoms. The minimum Gasteiger partial charge on any atom is -0.480 e. The number of ether oxygens (including phenoxy) is 1. The molecule has 0 saturated carbocycles. The Kier molecular flexibility index (Phi) is 6.02. The smallest absolute Gasteiger partial charge is 0.324 e. The van der Waals surface area contributed by atoms with Crippen LogP contribution in [0, 0.1) is 5.41 Å². The molecule has 0 aliphatic heterocycles. The fraction of sp³-hybridized carbons (Fsp3) is 0.833. The van der Waals surface area contributed by atoms with Crippen LogP contribution in [0.3, 0.4) is 0 Å². The molecule has 1 atom stereocenters. The van der Waals surface area contributed by atoms with Crippen LogP contribution in [0.4, 0.5) is 0 Å². The van der Waals surface area contributed by atoms with Crippen LogP contribution in [0.2, 0.25) is 0 Å². The molecule has 0 saturated heterocycles. The molecule has 0 amide bonds. The van der Waals surface area contributed by atoms with E-state index in [4.69, 9.17) is 4.74 Å². The summed E-state index contributed by atoms with van der Waals surface area (Å²) in [5, 5.41) is 9.30. The second kappa shape index (κ2) is 6.28. The number of carboxylic acids is 1. The molecule has 0 fully saturated rings. The van der Waals surface area contributed by atoms with Crippen LogP contribution in [-0.4, -0.2) is 34.2 Å². The van der Waals surface area contributed by atoms with Crippen molar-refractivity contribution in [2.75, 3.05) is 12.4 Å². The first-order valence-electron chi connectivity index (χ1n) is 5.74. The minimum atomic E-state index is -1.42. The lowest BCUT2D eigenvalue weighted by atomic mass is 9.87. The van der Waals surface area contributed by atoms with Crippen molar-refractivity contribution in [2.45, 2.75) is 45.8 Å². The molecule has 0 aromatic carbocycles. The summed E-state index contributed by atoms with van der Waals surface area (Å²) in [6, 6.07) is 0. The molecular formula is C12H22O4S. The molecule has 17 heavy (non-hydrogen) atoms. The van der Waals surface area contributed by atoms with Gasteiger partial charge in [0.2, 0.25) is 0 Å². The molecule has 0 spiro atoms. The lowest BCUT2D eigenvalue weighted by molar-refractivity contribution is -0.166. The van der Waals surface area contributed by atoms with Gasteiger partial charge in [-0.15, -0.1) is 0 Å². The highest BCUT2D eigenvalue weighted by Gasteiger charge is 2.46. The van der Waals surface area contributed by atoms with E-state index in [0.717, 1.165) is 0 Å². The molecule has 0 bridgehead atoms. The summed E-state index contributed by atoms with van der Waals surface area (Å²) < 4.78 is 4.81. The van der Waals surface area contributed by atoms with Gasteiger partial charge in [0, 0.05) is 10.5 Å². The van der Waals surface area contributed by atoms with Gasteiger partial charge < -0.3 is 9.84 Å². The number of aliphatic carboxylic acids is 1. The zero-order valence-corrected chi connectivity index (χ0v) is 12.0. The highest BCUT2D eigenvalue weighted by molar-refractivity contribution is 8.00.